The highest BCUT2D eigenvalue weighted by atomic mass is 35.5. The van der Waals surface area contributed by atoms with E-state index in [1.807, 2.05) is 44.0 Å². The molecular weight excluding hydrogens is 288 g/mol. The van der Waals surface area contributed by atoms with Crippen LogP contribution in [0.1, 0.15) is 25.5 Å². The van der Waals surface area contributed by atoms with Gasteiger partial charge in [0.1, 0.15) is 6.10 Å². The third-order valence-corrected chi connectivity index (χ3v) is 3.68. The normalized spacial score (nSPS) is 23.3. The summed E-state index contributed by atoms with van der Waals surface area (Å²) < 4.78 is 5.98. The van der Waals surface area contributed by atoms with Gasteiger partial charge in [-0.1, -0.05) is 37.3 Å². The molecule has 0 bridgehead atoms. The molecule has 3 atom stereocenters. The van der Waals surface area contributed by atoms with Crippen molar-refractivity contribution in [1.82, 2.24) is 10.2 Å². The first-order chi connectivity index (χ1) is 9.61. The molecule has 1 aromatic rings. The van der Waals surface area contributed by atoms with Crippen molar-refractivity contribution in [1.29, 1.82) is 0 Å². The Morgan fingerprint density at radius 1 is 1.38 bits per heavy atom. The van der Waals surface area contributed by atoms with Gasteiger partial charge in [0.2, 0.25) is 5.91 Å². The number of amides is 1. The van der Waals surface area contributed by atoms with E-state index in [-0.39, 0.29) is 36.4 Å². The molecule has 0 saturated carbocycles. The number of carbonyl (C=O) groups excluding carboxylic acids is 1. The smallest absolute Gasteiger partial charge is 0.226 e. The zero-order valence-corrected chi connectivity index (χ0v) is 13.7. The molecule has 1 aliphatic heterocycles. The number of hydrogen-bond acceptors (Lipinski definition) is 3. The van der Waals surface area contributed by atoms with Crippen molar-refractivity contribution in [3.63, 3.8) is 0 Å². The van der Waals surface area contributed by atoms with E-state index in [2.05, 4.69) is 17.4 Å². The van der Waals surface area contributed by atoms with Crippen LogP contribution in [0.3, 0.4) is 0 Å². The van der Waals surface area contributed by atoms with Crippen molar-refractivity contribution in [3.05, 3.63) is 35.9 Å². The van der Waals surface area contributed by atoms with Crippen molar-refractivity contribution in [3.8, 4) is 0 Å². The summed E-state index contributed by atoms with van der Waals surface area (Å²) in [6.07, 6.45) is 0.0466. The molecule has 2 rings (SSSR count). The summed E-state index contributed by atoms with van der Waals surface area (Å²) in [5, 5.41) is 3.06. The van der Waals surface area contributed by atoms with Crippen LogP contribution in [0.2, 0.25) is 0 Å². The minimum Gasteiger partial charge on any atom is -0.367 e. The number of morpholine rings is 1. The Labute approximate surface area is 133 Å². The highest BCUT2D eigenvalue weighted by Gasteiger charge is 2.31. The van der Waals surface area contributed by atoms with Gasteiger partial charge in [-0.05, 0) is 19.5 Å². The van der Waals surface area contributed by atoms with E-state index in [0.717, 1.165) is 5.56 Å². The third kappa shape index (κ3) is 4.70. The average molecular weight is 313 g/mol. The van der Waals surface area contributed by atoms with Gasteiger partial charge in [0.25, 0.3) is 0 Å². The van der Waals surface area contributed by atoms with Crippen LogP contribution in [0.4, 0.5) is 0 Å². The molecule has 118 valence electrons. The summed E-state index contributed by atoms with van der Waals surface area (Å²) in [7, 11) is 1.87. The second kappa shape index (κ2) is 8.37. The Balaban J connectivity index is 0.00000220. The highest BCUT2D eigenvalue weighted by Crippen LogP contribution is 2.25. The summed E-state index contributed by atoms with van der Waals surface area (Å²) in [6.45, 7) is 6.02. The Bertz CT molecular complexity index is 441. The summed E-state index contributed by atoms with van der Waals surface area (Å²) in [4.78, 5) is 14.4. The number of carbonyl (C=O) groups is 1. The van der Waals surface area contributed by atoms with Gasteiger partial charge in [0.05, 0.1) is 12.6 Å². The second-order valence-corrected chi connectivity index (χ2v) is 5.55. The van der Waals surface area contributed by atoms with Gasteiger partial charge < -0.3 is 15.0 Å². The Morgan fingerprint density at radius 2 is 2.05 bits per heavy atom. The molecule has 0 aliphatic carbocycles. The quantitative estimate of drug-likeness (QED) is 0.927. The van der Waals surface area contributed by atoms with E-state index in [4.69, 9.17) is 4.74 Å². The Hall–Kier alpha value is -1.10. The molecule has 5 heteroatoms. The molecular formula is C16H25ClN2O2. The van der Waals surface area contributed by atoms with Crippen LogP contribution in [0, 0.1) is 5.92 Å². The van der Waals surface area contributed by atoms with Crippen LogP contribution in [-0.4, -0.2) is 43.6 Å². The zero-order chi connectivity index (χ0) is 14.5. The maximum Gasteiger partial charge on any atom is 0.226 e. The maximum absolute atomic E-state index is 12.4. The van der Waals surface area contributed by atoms with Crippen molar-refractivity contribution in [2.75, 3.05) is 26.7 Å². The standard InChI is InChI=1S/C16H24N2O2.ClH/c1-12(9-17-3)16(19)18-10-13(2)20-15(11-18)14-7-5-4-6-8-14;/h4-8,12-13,15,17H,9-11H2,1-3H3;1H. The molecule has 3 unspecified atom stereocenters. The lowest BCUT2D eigenvalue weighted by Gasteiger charge is -2.38. The van der Waals surface area contributed by atoms with Crippen LogP contribution >= 0.6 is 12.4 Å². The monoisotopic (exact) mass is 312 g/mol. The van der Waals surface area contributed by atoms with Gasteiger partial charge in [-0.2, -0.15) is 0 Å². The highest BCUT2D eigenvalue weighted by molar-refractivity contribution is 5.85. The summed E-state index contributed by atoms with van der Waals surface area (Å²) in [5.41, 5.74) is 1.14. The lowest BCUT2D eigenvalue weighted by molar-refractivity contribution is -0.148. The molecule has 1 aromatic carbocycles. The lowest BCUT2D eigenvalue weighted by Crippen LogP contribution is -2.48. The van der Waals surface area contributed by atoms with Crippen LogP contribution in [0.25, 0.3) is 0 Å². The van der Waals surface area contributed by atoms with Gasteiger partial charge in [-0.15, -0.1) is 12.4 Å². The van der Waals surface area contributed by atoms with E-state index in [1.165, 1.54) is 0 Å². The fourth-order valence-corrected chi connectivity index (χ4v) is 2.69. The number of ether oxygens (including phenoxy) is 1. The van der Waals surface area contributed by atoms with Crippen molar-refractivity contribution in [2.45, 2.75) is 26.1 Å². The first kappa shape index (κ1) is 18.0. The SMILES string of the molecule is CNCC(C)C(=O)N1CC(C)OC(c2ccccc2)C1.Cl. The average Bonchev–Trinajstić information content (AvgIpc) is 2.47. The largest absolute Gasteiger partial charge is 0.367 e. The fourth-order valence-electron chi connectivity index (χ4n) is 2.69. The minimum atomic E-state index is -0.0225. The lowest BCUT2D eigenvalue weighted by atomic mass is 10.0. The van der Waals surface area contributed by atoms with Crippen molar-refractivity contribution in [2.24, 2.45) is 5.92 Å². The minimum absolute atomic E-state index is 0. The number of nitrogens with zero attached hydrogens (tertiary/aromatic N) is 1. The van der Waals surface area contributed by atoms with E-state index >= 15 is 0 Å². The van der Waals surface area contributed by atoms with Crippen molar-refractivity contribution >= 4 is 18.3 Å². The zero-order valence-electron chi connectivity index (χ0n) is 12.9. The van der Waals surface area contributed by atoms with Gasteiger partial charge in [-0.3, -0.25) is 4.79 Å². The number of rotatable bonds is 4. The van der Waals surface area contributed by atoms with E-state index < -0.39 is 0 Å². The molecule has 4 nitrogen and oxygen atoms in total. The molecule has 1 amide bonds. The van der Waals surface area contributed by atoms with E-state index in [1.54, 1.807) is 0 Å². The summed E-state index contributed by atoms with van der Waals surface area (Å²) in [6, 6.07) is 10.1. The summed E-state index contributed by atoms with van der Waals surface area (Å²) >= 11 is 0. The maximum atomic E-state index is 12.4. The van der Waals surface area contributed by atoms with Gasteiger partial charge in [-0.25, -0.2) is 0 Å². The number of hydrogen-bond donors (Lipinski definition) is 1. The molecule has 0 aromatic heterocycles. The predicted molar refractivity (Wildman–Crippen MR) is 86.6 cm³/mol. The number of nitrogens with one attached hydrogen (secondary N) is 1. The molecule has 21 heavy (non-hydrogen) atoms. The van der Waals surface area contributed by atoms with E-state index in [0.29, 0.717) is 19.6 Å². The van der Waals surface area contributed by atoms with Gasteiger partial charge in [0, 0.05) is 19.0 Å². The number of halogens is 1. The van der Waals surface area contributed by atoms with Gasteiger partial charge >= 0.3 is 0 Å². The predicted octanol–water partition coefficient (Wildman–Crippen LogP) is 2.25. The van der Waals surface area contributed by atoms with Crippen molar-refractivity contribution < 1.29 is 9.53 Å². The molecule has 1 fully saturated rings. The third-order valence-electron chi connectivity index (χ3n) is 3.68. The molecule has 1 N–H and O–H groups in total. The van der Waals surface area contributed by atoms with Crippen LogP contribution in [0.5, 0.6) is 0 Å². The summed E-state index contributed by atoms with van der Waals surface area (Å²) in [5.74, 6) is 0.206. The molecule has 1 heterocycles. The first-order valence-corrected chi connectivity index (χ1v) is 7.25. The molecule has 1 aliphatic rings. The second-order valence-electron chi connectivity index (χ2n) is 5.55. The Kier molecular flexibility index (Phi) is 7.15. The first-order valence-electron chi connectivity index (χ1n) is 7.25. The Morgan fingerprint density at radius 3 is 2.67 bits per heavy atom. The molecule has 0 radical (unpaired) electrons. The van der Waals surface area contributed by atoms with Gasteiger partial charge in [0.15, 0.2) is 0 Å². The van der Waals surface area contributed by atoms with Crippen LogP contribution < -0.4 is 5.32 Å². The van der Waals surface area contributed by atoms with E-state index in [9.17, 15) is 4.79 Å². The van der Waals surface area contributed by atoms with Crippen LogP contribution in [-0.2, 0) is 9.53 Å². The van der Waals surface area contributed by atoms with Crippen LogP contribution in [0.15, 0.2) is 30.3 Å². The molecule has 1 saturated heterocycles. The fraction of sp³-hybridized carbons (Fsp3) is 0.562. The molecule has 0 spiro atoms. The topological polar surface area (TPSA) is 41.6 Å². The number of benzene rings is 1.